The van der Waals surface area contributed by atoms with E-state index in [0.29, 0.717) is 5.69 Å². The van der Waals surface area contributed by atoms with Gasteiger partial charge in [-0.05, 0) is 13.1 Å². The first kappa shape index (κ1) is 9.97. The Bertz CT molecular complexity index is 410. The average Bonchev–Trinajstić information content (AvgIpc) is 2.01. The third kappa shape index (κ3) is 2.74. The summed E-state index contributed by atoms with van der Waals surface area (Å²) in [5, 5.41) is 4.62. The zero-order chi connectivity index (χ0) is 10.6. The number of aromatic amines is 1. The van der Waals surface area contributed by atoms with Gasteiger partial charge in [0.2, 0.25) is 5.95 Å². The molecule has 0 spiro atoms. The molecule has 6 nitrogen and oxygen atoms in total. The predicted octanol–water partition coefficient (Wildman–Crippen LogP) is 0.343. The summed E-state index contributed by atoms with van der Waals surface area (Å²) in [5.41, 5.74) is 0.217. The molecule has 1 aromatic rings. The number of hydrogen-bond donors (Lipinski definition) is 3. The van der Waals surface area contributed by atoms with Gasteiger partial charge in [0, 0.05) is 11.8 Å². The molecule has 0 unspecified atom stereocenters. The Hall–Kier alpha value is -2.11. The number of nitrogens with zero attached hydrogens (tertiary/aromatic N) is 1. The Balaban J connectivity index is 2.81. The number of hydrogen-bond acceptors (Lipinski definition) is 3. The molecule has 14 heavy (non-hydrogen) atoms. The van der Waals surface area contributed by atoms with E-state index >= 15 is 0 Å². The van der Waals surface area contributed by atoms with Gasteiger partial charge in [-0.25, -0.2) is 9.78 Å². The molecular weight excluding hydrogens is 184 g/mol. The van der Waals surface area contributed by atoms with Gasteiger partial charge < -0.3 is 5.32 Å². The van der Waals surface area contributed by atoms with E-state index < -0.39 is 6.03 Å². The maximum Gasteiger partial charge on any atom is 0.325 e. The highest BCUT2D eigenvalue weighted by Crippen LogP contribution is 1.94. The Morgan fingerprint density at radius 2 is 2.43 bits per heavy atom. The maximum absolute atomic E-state index is 11.0. The second kappa shape index (κ2) is 4.22. The molecule has 0 aromatic carbocycles. The lowest BCUT2D eigenvalue weighted by Gasteiger charge is -2.02. The third-order valence-corrected chi connectivity index (χ3v) is 1.33. The minimum Gasteiger partial charge on any atom is -0.315 e. The van der Waals surface area contributed by atoms with Gasteiger partial charge in [-0.2, -0.15) is 0 Å². The van der Waals surface area contributed by atoms with Gasteiger partial charge in [-0.15, -0.1) is 0 Å². The fraction of sp³-hybridized carbons (Fsp3) is 0.125. The van der Waals surface area contributed by atoms with Crippen LogP contribution in [0.3, 0.4) is 0 Å². The van der Waals surface area contributed by atoms with E-state index in [1.807, 2.05) is 0 Å². The van der Waals surface area contributed by atoms with Crippen LogP contribution in [-0.4, -0.2) is 16.0 Å². The van der Waals surface area contributed by atoms with Crippen molar-refractivity contribution >= 4 is 12.0 Å². The SMILES string of the molecule is C=CNC(=O)Nc1nc(C)cc(=O)[nH]1. The number of H-pyrrole nitrogens is 1. The van der Waals surface area contributed by atoms with Crippen molar-refractivity contribution in [2.75, 3.05) is 5.32 Å². The molecule has 74 valence electrons. The van der Waals surface area contributed by atoms with Crippen molar-refractivity contribution in [1.29, 1.82) is 0 Å². The van der Waals surface area contributed by atoms with E-state index in [4.69, 9.17) is 0 Å². The van der Waals surface area contributed by atoms with E-state index in [2.05, 4.69) is 27.2 Å². The van der Waals surface area contributed by atoms with Crippen LogP contribution in [0.25, 0.3) is 0 Å². The van der Waals surface area contributed by atoms with Crippen LogP contribution in [0.15, 0.2) is 23.6 Å². The van der Waals surface area contributed by atoms with Gasteiger partial charge in [0.05, 0.1) is 0 Å². The number of rotatable bonds is 2. The minimum absolute atomic E-state index is 0.106. The van der Waals surface area contributed by atoms with Crippen LogP contribution in [0, 0.1) is 6.92 Å². The second-order valence-corrected chi connectivity index (χ2v) is 2.54. The number of carbonyl (C=O) groups is 1. The first-order valence-corrected chi connectivity index (χ1v) is 3.88. The number of aromatic nitrogens is 2. The molecule has 0 radical (unpaired) electrons. The van der Waals surface area contributed by atoms with Crippen LogP contribution in [0.1, 0.15) is 5.69 Å². The normalized spacial score (nSPS) is 9.21. The summed E-state index contributed by atoms with van der Waals surface area (Å²) in [6, 6.07) is 0.824. The summed E-state index contributed by atoms with van der Waals surface area (Å²) in [4.78, 5) is 28.2. The van der Waals surface area contributed by atoms with Gasteiger partial charge in [0.15, 0.2) is 0 Å². The summed E-state index contributed by atoms with van der Waals surface area (Å²) < 4.78 is 0. The molecule has 0 bridgehead atoms. The number of carbonyl (C=O) groups excluding carboxylic acids is 1. The molecule has 1 rings (SSSR count). The molecule has 0 atom stereocenters. The highest BCUT2D eigenvalue weighted by Gasteiger charge is 2.01. The summed E-state index contributed by atoms with van der Waals surface area (Å²) in [6.07, 6.45) is 1.23. The summed E-state index contributed by atoms with van der Waals surface area (Å²) in [6.45, 7) is 4.97. The van der Waals surface area contributed by atoms with Gasteiger partial charge in [0.25, 0.3) is 5.56 Å². The van der Waals surface area contributed by atoms with Crippen LogP contribution in [0.4, 0.5) is 10.7 Å². The molecule has 0 fully saturated rings. The van der Waals surface area contributed by atoms with E-state index in [-0.39, 0.29) is 11.5 Å². The zero-order valence-electron chi connectivity index (χ0n) is 7.63. The standard InChI is InChI=1S/C8H10N4O2/c1-3-9-8(14)12-7-10-5(2)4-6(13)11-7/h3-4H,1H2,2H3,(H3,9,10,11,12,13,14). The molecule has 0 aliphatic carbocycles. The van der Waals surface area contributed by atoms with Crippen LogP contribution in [-0.2, 0) is 0 Å². The van der Waals surface area contributed by atoms with Gasteiger partial charge in [-0.1, -0.05) is 6.58 Å². The average molecular weight is 194 g/mol. The maximum atomic E-state index is 11.0. The molecule has 1 heterocycles. The van der Waals surface area contributed by atoms with Crippen LogP contribution in [0.2, 0.25) is 0 Å². The van der Waals surface area contributed by atoms with Gasteiger partial charge >= 0.3 is 6.03 Å². The predicted molar refractivity (Wildman–Crippen MR) is 51.9 cm³/mol. The lowest BCUT2D eigenvalue weighted by molar-refractivity contribution is 0.255. The Morgan fingerprint density at radius 3 is 3.00 bits per heavy atom. The Kier molecular flexibility index (Phi) is 3.01. The monoisotopic (exact) mass is 194 g/mol. The number of nitrogens with one attached hydrogen (secondary N) is 3. The van der Waals surface area contributed by atoms with Gasteiger partial charge in [0.1, 0.15) is 0 Å². The first-order chi connectivity index (χ1) is 6.61. The molecule has 2 amide bonds. The van der Waals surface area contributed by atoms with Crippen LogP contribution in [0.5, 0.6) is 0 Å². The van der Waals surface area contributed by atoms with Crippen LogP contribution >= 0.6 is 0 Å². The fourth-order valence-corrected chi connectivity index (χ4v) is 0.875. The van der Waals surface area contributed by atoms with Gasteiger partial charge in [-0.3, -0.25) is 15.1 Å². The summed E-state index contributed by atoms with van der Waals surface area (Å²) in [7, 11) is 0. The zero-order valence-corrected chi connectivity index (χ0v) is 7.63. The third-order valence-electron chi connectivity index (χ3n) is 1.33. The second-order valence-electron chi connectivity index (χ2n) is 2.54. The molecule has 3 N–H and O–H groups in total. The molecule has 0 aliphatic rings. The van der Waals surface area contributed by atoms with E-state index in [1.54, 1.807) is 6.92 Å². The van der Waals surface area contributed by atoms with Crippen molar-refractivity contribution in [3.8, 4) is 0 Å². The Morgan fingerprint density at radius 1 is 1.71 bits per heavy atom. The van der Waals surface area contributed by atoms with Crippen molar-refractivity contribution in [2.45, 2.75) is 6.92 Å². The number of urea groups is 1. The number of anilines is 1. The van der Waals surface area contributed by atoms with Crippen LogP contribution < -0.4 is 16.2 Å². The fourth-order valence-electron chi connectivity index (χ4n) is 0.875. The van der Waals surface area contributed by atoms with Crippen molar-refractivity contribution < 1.29 is 4.79 Å². The molecular formula is C8H10N4O2. The highest BCUT2D eigenvalue weighted by atomic mass is 16.2. The summed E-state index contributed by atoms with van der Waals surface area (Å²) in [5.74, 6) is 0.106. The Labute approximate surface area is 80.1 Å². The van der Waals surface area contributed by atoms with Crippen molar-refractivity contribution in [3.63, 3.8) is 0 Å². The first-order valence-electron chi connectivity index (χ1n) is 3.88. The molecule has 0 aliphatic heterocycles. The lowest BCUT2D eigenvalue weighted by Crippen LogP contribution is -2.26. The lowest BCUT2D eigenvalue weighted by atomic mass is 10.4. The molecule has 6 heteroatoms. The highest BCUT2D eigenvalue weighted by molar-refractivity contribution is 5.87. The quantitative estimate of drug-likeness (QED) is 0.634. The van der Waals surface area contributed by atoms with E-state index in [0.717, 1.165) is 0 Å². The molecule has 0 saturated heterocycles. The molecule has 0 saturated carbocycles. The number of amides is 2. The smallest absolute Gasteiger partial charge is 0.315 e. The topological polar surface area (TPSA) is 86.9 Å². The summed E-state index contributed by atoms with van der Waals surface area (Å²) >= 11 is 0. The van der Waals surface area contributed by atoms with E-state index in [1.165, 1.54) is 12.3 Å². The number of aryl methyl sites for hydroxylation is 1. The van der Waals surface area contributed by atoms with Crippen molar-refractivity contribution in [2.24, 2.45) is 0 Å². The van der Waals surface area contributed by atoms with Crippen molar-refractivity contribution in [3.05, 3.63) is 34.9 Å². The minimum atomic E-state index is -0.506. The largest absolute Gasteiger partial charge is 0.325 e. The molecule has 1 aromatic heterocycles. The van der Waals surface area contributed by atoms with E-state index in [9.17, 15) is 9.59 Å². The van der Waals surface area contributed by atoms with Crippen molar-refractivity contribution in [1.82, 2.24) is 15.3 Å².